The number of esters is 1. The molecule has 118 valence electrons. The van der Waals surface area contributed by atoms with E-state index in [1.165, 1.54) is 0 Å². The van der Waals surface area contributed by atoms with E-state index in [1.807, 2.05) is 0 Å². The molecule has 0 amide bonds. The molecule has 0 atom stereocenters. The Kier molecular flexibility index (Phi) is 3.63. The van der Waals surface area contributed by atoms with E-state index in [2.05, 4.69) is 4.74 Å². The largest absolute Gasteiger partial charge is 0.491 e. The van der Waals surface area contributed by atoms with E-state index >= 15 is 0 Å². The van der Waals surface area contributed by atoms with Crippen LogP contribution in [0.2, 0.25) is 0 Å². The van der Waals surface area contributed by atoms with Gasteiger partial charge in [-0.25, -0.2) is 4.79 Å². The van der Waals surface area contributed by atoms with Gasteiger partial charge in [-0.3, -0.25) is 9.36 Å². The summed E-state index contributed by atoms with van der Waals surface area (Å²) < 4.78 is 77.5. The maximum absolute atomic E-state index is 12.4. The maximum atomic E-state index is 12.4. The van der Waals surface area contributed by atoms with Gasteiger partial charge in [-0.15, -0.1) is 0 Å². The SMILES string of the molecule is O=C(Oc1ccc2c(ccn2C(=O)C(F)(F)F)c1)C(F)(F)F. The molecule has 0 aliphatic rings. The van der Waals surface area contributed by atoms with E-state index in [1.54, 1.807) is 0 Å². The van der Waals surface area contributed by atoms with Crippen LogP contribution in [0.4, 0.5) is 26.3 Å². The molecule has 22 heavy (non-hydrogen) atoms. The first-order valence-electron chi connectivity index (χ1n) is 5.52. The van der Waals surface area contributed by atoms with Crippen molar-refractivity contribution < 1.29 is 40.7 Å². The highest BCUT2D eigenvalue weighted by Gasteiger charge is 2.42. The van der Waals surface area contributed by atoms with Crippen molar-refractivity contribution in [2.24, 2.45) is 0 Å². The van der Waals surface area contributed by atoms with Crippen LogP contribution in [0.3, 0.4) is 0 Å². The molecule has 2 rings (SSSR count). The normalized spacial score (nSPS) is 12.5. The van der Waals surface area contributed by atoms with Crippen molar-refractivity contribution in [3.8, 4) is 5.75 Å². The molecule has 0 N–H and O–H groups in total. The zero-order valence-electron chi connectivity index (χ0n) is 10.3. The minimum absolute atomic E-state index is 0.00470. The van der Waals surface area contributed by atoms with Gasteiger partial charge in [0.15, 0.2) is 0 Å². The van der Waals surface area contributed by atoms with Crippen LogP contribution >= 0.6 is 0 Å². The number of carbonyl (C=O) groups is 2. The maximum Gasteiger partial charge on any atom is 0.491 e. The number of alkyl halides is 6. The van der Waals surface area contributed by atoms with E-state index in [-0.39, 0.29) is 10.9 Å². The minimum atomic E-state index is -5.20. The van der Waals surface area contributed by atoms with Gasteiger partial charge >= 0.3 is 24.2 Å². The number of halogens is 6. The quantitative estimate of drug-likeness (QED) is 0.459. The molecule has 0 saturated carbocycles. The highest BCUT2D eigenvalue weighted by Crippen LogP contribution is 2.27. The molecule has 10 heteroatoms. The number of rotatable bonds is 1. The zero-order valence-corrected chi connectivity index (χ0v) is 10.3. The van der Waals surface area contributed by atoms with Crippen LogP contribution in [0.15, 0.2) is 30.5 Å². The third kappa shape index (κ3) is 3.05. The van der Waals surface area contributed by atoms with Crippen molar-refractivity contribution >= 4 is 22.8 Å². The molecule has 0 fully saturated rings. The summed E-state index contributed by atoms with van der Waals surface area (Å²) in [6, 6.07) is 3.78. The summed E-state index contributed by atoms with van der Waals surface area (Å²) >= 11 is 0. The van der Waals surface area contributed by atoms with Crippen molar-refractivity contribution in [1.29, 1.82) is 0 Å². The Balaban J connectivity index is 2.35. The Morgan fingerprint density at radius 3 is 2.14 bits per heavy atom. The molecule has 0 aliphatic carbocycles. The molecule has 0 unspecified atom stereocenters. The van der Waals surface area contributed by atoms with Crippen LogP contribution in [0.25, 0.3) is 10.9 Å². The first-order valence-corrected chi connectivity index (χ1v) is 5.52. The number of hydrogen-bond acceptors (Lipinski definition) is 3. The van der Waals surface area contributed by atoms with Gasteiger partial charge in [0.05, 0.1) is 5.52 Å². The van der Waals surface area contributed by atoms with Gasteiger partial charge in [0, 0.05) is 11.6 Å². The Bertz CT molecular complexity index is 743. The van der Waals surface area contributed by atoms with Crippen LogP contribution in [0.5, 0.6) is 5.75 Å². The smallest absolute Gasteiger partial charge is 0.420 e. The second-order valence-corrected chi connectivity index (χ2v) is 4.10. The van der Waals surface area contributed by atoms with Crippen LogP contribution in [0, 0.1) is 0 Å². The van der Waals surface area contributed by atoms with Crippen LogP contribution in [-0.2, 0) is 4.79 Å². The second-order valence-electron chi connectivity index (χ2n) is 4.10. The van der Waals surface area contributed by atoms with Crippen molar-refractivity contribution in [1.82, 2.24) is 4.57 Å². The molecular weight excluding hydrogens is 320 g/mol. The van der Waals surface area contributed by atoms with Crippen molar-refractivity contribution in [2.45, 2.75) is 12.4 Å². The Hall–Kier alpha value is -2.52. The minimum Gasteiger partial charge on any atom is -0.420 e. The van der Waals surface area contributed by atoms with Gasteiger partial charge in [-0.05, 0) is 24.3 Å². The summed E-state index contributed by atoms with van der Waals surface area (Å²) in [4.78, 5) is 21.8. The fourth-order valence-electron chi connectivity index (χ4n) is 1.66. The molecule has 4 nitrogen and oxygen atoms in total. The van der Waals surface area contributed by atoms with Gasteiger partial charge in [0.25, 0.3) is 0 Å². The number of ether oxygens (including phenoxy) is 1. The predicted molar refractivity (Wildman–Crippen MR) is 60.3 cm³/mol. The van der Waals surface area contributed by atoms with Crippen molar-refractivity contribution in [2.75, 3.05) is 0 Å². The average molecular weight is 325 g/mol. The van der Waals surface area contributed by atoms with Crippen molar-refractivity contribution in [3.05, 3.63) is 30.5 Å². The molecule has 1 aromatic heterocycles. The summed E-state index contributed by atoms with van der Waals surface area (Å²) in [5.41, 5.74) is -0.186. The molecule has 0 saturated heterocycles. The Morgan fingerprint density at radius 2 is 1.59 bits per heavy atom. The molecule has 2 aromatic rings. The van der Waals surface area contributed by atoms with E-state index in [0.717, 1.165) is 30.5 Å². The first kappa shape index (κ1) is 15.9. The Morgan fingerprint density at radius 1 is 0.955 bits per heavy atom. The van der Waals surface area contributed by atoms with Gasteiger partial charge in [-0.2, -0.15) is 26.3 Å². The number of aromatic nitrogens is 1. The Labute approximate surface area is 117 Å². The van der Waals surface area contributed by atoms with E-state index < -0.39 is 30.0 Å². The zero-order chi connectivity index (χ0) is 16.7. The molecule has 1 aromatic carbocycles. The molecule has 0 aliphatic heterocycles. The molecule has 0 radical (unpaired) electrons. The van der Waals surface area contributed by atoms with Crippen LogP contribution in [0.1, 0.15) is 4.79 Å². The van der Waals surface area contributed by atoms with E-state index in [9.17, 15) is 35.9 Å². The lowest BCUT2D eigenvalue weighted by molar-refractivity contribution is -0.189. The van der Waals surface area contributed by atoms with Gasteiger partial charge < -0.3 is 4.74 Å². The lowest BCUT2D eigenvalue weighted by atomic mass is 10.2. The molecular formula is C12H5F6NO3. The summed E-state index contributed by atoms with van der Waals surface area (Å²) in [7, 11) is 0. The van der Waals surface area contributed by atoms with Crippen LogP contribution < -0.4 is 4.74 Å². The third-order valence-electron chi connectivity index (χ3n) is 2.57. The molecule has 1 heterocycles. The topological polar surface area (TPSA) is 48.3 Å². The summed E-state index contributed by atoms with van der Waals surface area (Å²) in [5, 5.41) is 0.00470. The third-order valence-corrected chi connectivity index (χ3v) is 2.57. The molecule has 0 bridgehead atoms. The highest BCUT2D eigenvalue weighted by atomic mass is 19.4. The standard InChI is InChI=1S/C12H5F6NO3/c13-11(14,15)9(20)19-4-3-6-5-7(1-2-8(6)19)22-10(21)12(16,17)18/h1-5H. The van der Waals surface area contributed by atoms with Crippen molar-refractivity contribution in [3.63, 3.8) is 0 Å². The highest BCUT2D eigenvalue weighted by molar-refractivity contribution is 5.95. The lowest BCUT2D eigenvalue weighted by Gasteiger charge is -2.09. The van der Waals surface area contributed by atoms with Gasteiger partial charge in [-0.1, -0.05) is 0 Å². The predicted octanol–water partition coefficient (Wildman–Crippen LogP) is 3.31. The van der Waals surface area contributed by atoms with Crippen LogP contribution in [-0.4, -0.2) is 28.8 Å². The fourth-order valence-corrected chi connectivity index (χ4v) is 1.66. The molecule has 0 spiro atoms. The van der Waals surface area contributed by atoms with E-state index in [4.69, 9.17) is 0 Å². The summed E-state index contributed by atoms with van der Waals surface area (Å²) in [6.45, 7) is 0. The van der Waals surface area contributed by atoms with Gasteiger partial charge in [0.1, 0.15) is 5.75 Å². The van der Waals surface area contributed by atoms with E-state index in [0.29, 0.717) is 4.57 Å². The number of benzene rings is 1. The lowest BCUT2D eigenvalue weighted by Crippen LogP contribution is -2.28. The van der Waals surface area contributed by atoms with Gasteiger partial charge in [0.2, 0.25) is 0 Å². The number of hydrogen-bond donors (Lipinski definition) is 0. The second kappa shape index (κ2) is 5.04. The average Bonchev–Trinajstić information content (AvgIpc) is 2.78. The monoisotopic (exact) mass is 325 g/mol. The first-order chi connectivity index (χ1) is 10.00. The number of fused-ring (bicyclic) bond motifs is 1. The number of carbonyl (C=O) groups excluding carboxylic acids is 2. The number of nitrogens with zero attached hydrogens (tertiary/aromatic N) is 1. The summed E-state index contributed by atoms with van der Waals surface area (Å²) in [6.07, 6.45) is -9.49. The fraction of sp³-hybridized carbons (Fsp3) is 0.167. The summed E-state index contributed by atoms with van der Waals surface area (Å²) in [5.74, 6) is -5.12.